The quantitative estimate of drug-likeness (QED) is 0.666. The van der Waals surface area contributed by atoms with Crippen LogP contribution in [-0.4, -0.2) is 62.8 Å². The lowest BCUT2D eigenvalue weighted by molar-refractivity contribution is 0.00578. The molecule has 2 saturated heterocycles. The van der Waals surface area contributed by atoms with Crippen LogP contribution in [0.15, 0.2) is 30.6 Å². The third-order valence-corrected chi connectivity index (χ3v) is 7.33. The van der Waals surface area contributed by atoms with Crippen molar-refractivity contribution >= 4 is 18.7 Å². The fourth-order valence-corrected chi connectivity index (χ4v) is 4.74. The molecule has 33 heavy (non-hydrogen) atoms. The minimum absolute atomic E-state index is 0.217. The highest BCUT2D eigenvalue weighted by molar-refractivity contribution is 6.62. The Labute approximate surface area is 195 Å². The molecule has 0 radical (unpaired) electrons. The van der Waals surface area contributed by atoms with Gasteiger partial charge in [0.25, 0.3) is 0 Å². The molecule has 2 aromatic rings. The number of aromatic nitrogens is 3. The lowest BCUT2D eigenvalue weighted by atomic mass is 9.80. The first kappa shape index (κ1) is 22.4. The summed E-state index contributed by atoms with van der Waals surface area (Å²) in [6.45, 7) is 15.3. The van der Waals surface area contributed by atoms with Crippen LogP contribution >= 0.6 is 0 Å². The number of nitrogens with zero attached hydrogens (tertiary/aromatic N) is 4. The van der Waals surface area contributed by atoms with Gasteiger partial charge in [0, 0.05) is 36.9 Å². The zero-order valence-electron chi connectivity index (χ0n) is 20.5. The predicted molar refractivity (Wildman–Crippen MR) is 125 cm³/mol. The summed E-state index contributed by atoms with van der Waals surface area (Å²) in [6, 6.07) is 5.98. The fraction of sp³-hybridized carbons (Fsp3) is 0.625. The van der Waals surface area contributed by atoms with E-state index >= 15 is 0 Å². The Hall–Kier alpha value is -2.39. The minimum Gasteiger partial charge on any atom is -0.444 e. The highest BCUT2D eigenvalue weighted by Crippen LogP contribution is 2.57. The van der Waals surface area contributed by atoms with Gasteiger partial charge in [-0.15, -0.1) is 0 Å². The van der Waals surface area contributed by atoms with Gasteiger partial charge in [0.05, 0.1) is 16.9 Å². The molecular weight excluding hydrogens is 419 g/mol. The van der Waals surface area contributed by atoms with Gasteiger partial charge in [-0.1, -0.05) is 6.07 Å². The Morgan fingerprint density at radius 2 is 1.73 bits per heavy atom. The van der Waals surface area contributed by atoms with Crippen LogP contribution in [-0.2, 0) is 14.0 Å². The van der Waals surface area contributed by atoms with Gasteiger partial charge < -0.3 is 18.9 Å². The number of likely N-dealkylation sites (tertiary alicyclic amines) is 1. The molecule has 1 saturated carbocycles. The third kappa shape index (κ3) is 4.06. The first-order valence-corrected chi connectivity index (χ1v) is 11.7. The smallest absolute Gasteiger partial charge is 0.444 e. The van der Waals surface area contributed by atoms with Crippen LogP contribution in [0.2, 0.25) is 0 Å². The number of hydrogen-bond acceptors (Lipinski definition) is 6. The van der Waals surface area contributed by atoms with Gasteiger partial charge in [-0.05, 0) is 72.4 Å². The number of carbonyl (C=O) groups is 1. The van der Waals surface area contributed by atoms with Crippen LogP contribution in [0, 0.1) is 11.8 Å². The van der Waals surface area contributed by atoms with Crippen molar-refractivity contribution in [1.82, 2.24) is 19.7 Å². The molecule has 176 valence electrons. The molecule has 8 nitrogen and oxygen atoms in total. The number of ether oxygens (including phenoxy) is 1. The van der Waals surface area contributed by atoms with E-state index in [-0.39, 0.29) is 17.3 Å². The largest absolute Gasteiger partial charge is 0.496 e. The van der Waals surface area contributed by atoms with Gasteiger partial charge in [0.15, 0.2) is 5.82 Å². The maximum absolute atomic E-state index is 12.3. The van der Waals surface area contributed by atoms with Crippen LogP contribution in [0.25, 0.3) is 5.82 Å². The van der Waals surface area contributed by atoms with Crippen LogP contribution < -0.4 is 5.46 Å². The van der Waals surface area contributed by atoms with Gasteiger partial charge >= 0.3 is 13.2 Å². The van der Waals surface area contributed by atoms with Crippen LogP contribution in [0.3, 0.4) is 0 Å². The topological polar surface area (TPSA) is 78.7 Å². The normalized spacial score (nSPS) is 27.5. The number of rotatable bonds is 3. The number of piperidine rings is 1. The van der Waals surface area contributed by atoms with E-state index in [1.54, 1.807) is 6.20 Å². The summed E-state index contributed by atoms with van der Waals surface area (Å²) >= 11 is 0. The summed E-state index contributed by atoms with van der Waals surface area (Å²) in [7, 11) is -0.427. The summed E-state index contributed by atoms with van der Waals surface area (Å²) in [5.41, 5.74) is 0.727. The van der Waals surface area contributed by atoms with E-state index in [9.17, 15) is 4.79 Å². The number of pyridine rings is 1. The number of carbonyl (C=O) groups excluding carboxylic acids is 1. The van der Waals surface area contributed by atoms with Crippen molar-refractivity contribution < 1.29 is 18.8 Å². The lowest BCUT2D eigenvalue weighted by Gasteiger charge is -2.32. The fourth-order valence-electron chi connectivity index (χ4n) is 4.74. The second-order valence-electron chi connectivity index (χ2n) is 11.5. The Bertz CT molecular complexity index is 1030. The summed E-state index contributed by atoms with van der Waals surface area (Å²) in [5, 5.41) is 4.78. The molecule has 5 rings (SSSR count). The number of hydrogen-bond donors (Lipinski definition) is 0. The van der Waals surface area contributed by atoms with E-state index < -0.39 is 12.7 Å². The maximum Gasteiger partial charge on any atom is 0.496 e. The van der Waals surface area contributed by atoms with E-state index in [2.05, 4.69) is 11.1 Å². The van der Waals surface area contributed by atoms with Crippen molar-refractivity contribution in [2.45, 2.75) is 71.2 Å². The predicted octanol–water partition coefficient (Wildman–Crippen LogP) is 3.15. The van der Waals surface area contributed by atoms with E-state index in [0.29, 0.717) is 17.8 Å². The van der Waals surface area contributed by atoms with E-state index in [1.165, 1.54) is 0 Å². The molecule has 0 aromatic carbocycles. The van der Waals surface area contributed by atoms with Gasteiger partial charge in [-0.3, -0.25) is 0 Å². The summed E-state index contributed by atoms with van der Waals surface area (Å²) in [5.74, 6) is 2.07. The average molecular weight is 452 g/mol. The van der Waals surface area contributed by atoms with Crippen molar-refractivity contribution in [1.29, 1.82) is 0 Å². The highest BCUT2D eigenvalue weighted by atomic mass is 16.7. The molecule has 4 heterocycles. The molecule has 3 atom stereocenters. The van der Waals surface area contributed by atoms with Crippen LogP contribution in [0.4, 0.5) is 4.79 Å². The molecule has 1 amide bonds. The Kier molecular flexibility index (Phi) is 4.96. The molecule has 1 aliphatic carbocycles. The molecule has 3 fully saturated rings. The first-order valence-electron chi connectivity index (χ1n) is 11.7. The van der Waals surface area contributed by atoms with Gasteiger partial charge in [0.2, 0.25) is 0 Å². The summed E-state index contributed by atoms with van der Waals surface area (Å²) in [6.07, 6.45) is 3.53. The molecule has 0 N–H and O–H groups in total. The lowest BCUT2D eigenvalue weighted by Crippen LogP contribution is -2.41. The third-order valence-electron chi connectivity index (χ3n) is 7.33. The molecule has 0 spiro atoms. The highest BCUT2D eigenvalue weighted by Gasteiger charge is 2.58. The second-order valence-corrected chi connectivity index (χ2v) is 11.5. The summed E-state index contributed by atoms with van der Waals surface area (Å²) < 4.78 is 19.5. The minimum atomic E-state index is -0.465. The molecule has 0 unspecified atom stereocenters. The molecule has 2 aromatic heterocycles. The van der Waals surface area contributed by atoms with E-state index in [0.717, 1.165) is 30.1 Å². The SMILES string of the molecule is CC(C)(C)OC(=O)N1C[C@@H]2[C@H](C1)[C@H]2c1ccn(-c2ccc(B3OC(C)(C)C(C)(C)O3)cn2)n1. The molecule has 0 bridgehead atoms. The molecule has 3 aliphatic rings. The van der Waals surface area contributed by atoms with E-state index in [1.807, 2.05) is 76.4 Å². The van der Waals surface area contributed by atoms with Crippen molar-refractivity contribution in [3.8, 4) is 5.82 Å². The second kappa shape index (κ2) is 7.31. The Morgan fingerprint density at radius 3 is 2.27 bits per heavy atom. The Balaban J connectivity index is 1.21. The monoisotopic (exact) mass is 452 g/mol. The average Bonchev–Trinajstić information content (AvgIpc) is 3.08. The van der Waals surface area contributed by atoms with Gasteiger partial charge in [-0.25, -0.2) is 14.5 Å². The molecule has 9 heteroatoms. The zero-order valence-corrected chi connectivity index (χ0v) is 20.5. The zero-order chi connectivity index (χ0) is 23.8. The van der Waals surface area contributed by atoms with Gasteiger partial charge in [0.1, 0.15) is 5.60 Å². The van der Waals surface area contributed by atoms with Crippen LogP contribution in [0.1, 0.15) is 60.1 Å². The van der Waals surface area contributed by atoms with Crippen molar-refractivity contribution in [3.05, 3.63) is 36.3 Å². The maximum atomic E-state index is 12.3. The van der Waals surface area contributed by atoms with Crippen molar-refractivity contribution in [2.75, 3.05) is 13.1 Å². The molecule has 2 aliphatic heterocycles. The van der Waals surface area contributed by atoms with Crippen LogP contribution in [0.5, 0.6) is 0 Å². The number of fused-ring (bicyclic) bond motifs is 1. The molecular formula is C24H33BN4O4. The first-order chi connectivity index (χ1) is 15.3. The van der Waals surface area contributed by atoms with Crippen molar-refractivity contribution in [2.24, 2.45) is 11.8 Å². The van der Waals surface area contributed by atoms with E-state index in [4.69, 9.17) is 19.1 Å². The standard InChI is InChI=1S/C24H33BN4O4/c1-22(2,3)31-21(30)28-13-16-17(14-28)20(16)18-10-11-29(27-18)19-9-8-15(12-26-19)25-32-23(4,5)24(6,7)33-25/h8-12,16-17,20H,13-14H2,1-7H3/t16-,17+,20+. The van der Waals surface area contributed by atoms with Crippen molar-refractivity contribution in [3.63, 3.8) is 0 Å². The summed E-state index contributed by atoms with van der Waals surface area (Å²) in [4.78, 5) is 18.7. The number of amides is 1. The Morgan fingerprint density at radius 1 is 1.09 bits per heavy atom. The van der Waals surface area contributed by atoms with Gasteiger partial charge in [-0.2, -0.15) is 5.10 Å².